The van der Waals surface area contributed by atoms with Gasteiger partial charge in [0, 0.05) is 25.0 Å². The van der Waals surface area contributed by atoms with E-state index in [-0.39, 0.29) is 43.2 Å². The van der Waals surface area contributed by atoms with Crippen molar-refractivity contribution in [1.82, 2.24) is 26.2 Å². The van der Waals surface area contributed by atoms with Crippen molar-refractivity contribution in [3.8, 4) is 0 Å². The zero-order chi connectivity index (χ0) is 35.1. The number of aliphatic hydroxyl groups is 1. The number of benzene rings is 2. The first-order valence-electron chi connectivity index (χ1n) is 17.1. The number of halogens is 1. The van der Waals surface area contributed by atoms with Crippen LogP contribution in [0.4, 0.5) is 9.18 Å². The highest BCUT2D eigenvalue weighted by atomic mass is 19.1. The van der Waals surface area contributed by atoms with E-state index in [1.807, 2.05) is 30.3 Å². The van der Waals surface area contributed by atoms with E-state index in [0.29, 0.717) is 25.1 Å². The Balaban J connectivity index is 1.37. The highest BCUT2D eigenvalue weighted by molar-refractivity contribution is 6.38. The van der Waals surface area contributed by atoms with Crippen molar-refractivity contribution in [2.45, 2.75) is 89.4 Å². The van der Waals surface area contributed by atoms with Crippen LogP contribution in [0.1, 0.15) is 57.1 Å². The normalized spacial score (nSPS) is 23.7. The van der Waals surface area contributed by atoms with E-state index >= 15 is 0 Å². The highest BCUT2D eigenvalue weighted by Gasteiger charge is 2.51. The van der Waals surface area contributed by atoms with Gasteiger partial charge in [0.2, 0.25) is 17.6 Å². The lowest BCUT2D eigenvalue weighted by molar-refractivity contribution is -0.142. The molecule has 0 spiro atoms. The minimum atomic E-state index is -1.37. The van der Waals surface area contributed by atoms with Gasteiger partial charge in [-0.2, -0.15) is 0 Å². The monoisotopic (exact) mass is 679 g/mol. The highest BCUT2D eigenvalue weighted by Crippen LogP contribution is 2.43. The maximum atomic E-state index is 14.2. The van der Waals surface area contributed by atoms with Gasteiger partial charge >= 0.3 is 6.09 Å². The average Bonchev–Trinajstić information content (AvgIpc) is 3.80. The molecule has 264 valence electrons. The van der Waals surface area contributed by atoms with E-state index in [9.17, 15) is 33.5 Å². The fourth-order valence-corrected chi connectivity index (χ4v) is 7.34. The van der Waals surface area contributed by atoms with Crippen molar-refractivity contribution in [2.75, 3.05) is 13.1 Å². The first-order valence-corrected chi connectivity index (χ1v) is 17.1. The largest absolute Gasteiger partial charge is 0.445 e. The topological polar surface area (TPSA) is 166 Å². The van der Waals surface area contributed by atoms with Gasteiger partial charge in [-0.1, -0.05) is 48.9 Å². The van der Waals surface area contributed by atoms with Gasteiger partial charge in [-0.05, 0) is 81.0 Å². The predicted octanol–water partition coefficient (Wildman–Crippen LogP) is 2.19. The van der Waals surface area contributed by atoms with Crippen molar-refractivity contribution in [3.63, 3.8) is 0 Å². The lowest BCUT2D eigenvalue weighted by Crippen LogP contribution is -2.60. The summed E-state index contributed by atoms with van der Waals surface area (Å²) in [4.78, 5) is 67.5. The van der Waals surface area contributed by atoms with Crippen LogP contribution in [-0.4, -0.2) is 83.1 Å². The Kier molecular flexibility index (Phi) is 12.0. The number of Topliss-reactive ketones (excluding diaryl/α,β-unsaturated/α-hetero) is 1. The van der Waals surface area contributed by atoms with Gasteiger partial charge in [0.05, 0.1) is 18.1 Å². The van der Waals surface area contributed by atoms with E-state index in [1.165, 1.54) is 12.1 Å². The van der Waals surface area contributed by atoms with Crippen molar-refractivity contribution in [2.24, 2.45) is 17.8 Å². The molecule has 13 heteroatoms. The van der Waals surface area contributed by atoms with Crippen LogP contribution in [0, 0.1) is 23.6 Å². The molecule has 2 aliphatic heterocycles. The summed E-state index contributed by atoms with van der Waals surface area (Å²) in [7, 11) is 0. The van der Waals surface area contributed by atoms with E-state index < -0.39 is 59.8 Å². The number of aliphatic hydroxyl groups excluding tert-OH is 1. The standard InChI is InChI=1S/C36H46FN5O7/c1-21(2)39-34(46)31(43)28(18-24-15-16-38-32(24)44)40-33(45)30-27-10-6-9-25(27)19-42(30)35(47)29(17-22-11-13-26(37)14-12-22)41-36(48)49-20-23-7-4-3-5-8-23/h3-5,7-8,11-14,21,24-25,27-30,35,47H,6,9-10,15-20H2,1-2H3,(H,38,44)(H,39,46)(H,40,45)(H,41,48)/t24-,25-,27-,28-,29-,30-,35?/m0/s1. The summed E-state index contributed by atoms with van der Waals surface area (Å²) in [5.41, 5.74) is 1.42. The predicted molar refractivity (Wildman–Crippen MR) is 177 cm³/mol. The van der Waals surface area contributed by atoms with Crippen LogP contribution < -0.4 is 21.3 Å². The summed E-state index contributed by atoms with van der Waals surface area (Å²) in [5, 5.41) is 22.8. The first-order chi connectivity index (χ1) is 23.5. The maximum Gasteiger partial charge on any atom is 0.407 e. The number of nitrogens with zero attached hydrogens (tertiary/aromatic N) is 1. The minimum Gasteiger partial charge on any atom is -0.445 e. The number of hydrogen-bond donors (Lipinski definition) is 5. The molecule has 3 aliphatic rings. The van der Waals surface area contributed by atoms with Crippen molar-refractivity contribution >= 4 is 29.6 Å². The Morgan fingerprint density at radius 1 is 0.980 bits per heavy atom. The third-order valence-corrected chi connectivity index (χ3v) is 9.74. The van der Waals surface area contributed by atoms with Crippen molar-refractivity contribution in [1.29, 1.82) is 0 Å². The molecule has 1 saturated carbocycles. The molecule has 0 aromatic heterocycles. The van der Waals surface area contributed by atoms with Crippen LogP contribution in [0.25, 0.3) is 0 Å². The number of fused-ring (bicyclic) bond motifs is 1. The van der Waals surface area contributed by atoms with Gasteiger partial charge < -0.3 is 31.1 Å². The average molecular weight is 680 g/mol. The molecule has 0 radical (unpaired) electrons. The SMILES string of the molecule is CC(C)NC(=O)C(=O)[C@H](C[C@@H]1CCNC1=O)NC(=O)[C@@H]1[C@H]2CCC[C@H]2CN1C(O)[C@H](Cc1ccc(F)cc1)NC(=O)OCc1ccccc1. The van der Waals surface area contributed by atoms with Crippen LogP contribution in [0.2, 0.25) is 0 Å². The molecule has 1 unspecified atom stereocenters. The summed E-state index contributed by atoms with van der Waals surface area (Å²) >= 11 is 0. The molecule has 12 nitrogen and oxygen atoms in total. The summed E-state index contributed by atoms with van der Waals surface area (Å²) < 4.78 is 19.2. The molecule has 3 fully saturated rings. The molecule has 1 aliphatic carbocycles. The maximum absolute atomic E-state index is 14.2. The third kappa shape index (κ3) is 9.21. The summed E-state index contributed by atoms with van der Waals surface area (Å²) in [6.07, 6.45) is 0.866. The molecular weight excluding hydrogens is 633 g/mol. The molecule has 0 bridgehead atoms. The zero-order valence-corrected chi connectivity index (χ0v) is 27.9. The molecule has 2 saturated heterocycles. The molecule has 5 N–H and O–H groups in total. The number of amides is 4. The Bertz CT molecular complexity index is 1490. The van der Waals surface area contributed by atoms with E-state index in [4.69, 9.17) is 4.74 Å². The van der Waals surface area contributed by atoms with Crippen LogP contribution in [0.3, 0.4) is 0 Å². The van der Waals surface area contributed by atoms with E-state index in [1.54, 1.807) is 30.9 Å². The number of carbonyl (C=O) groups is 5. The fraction of sp³-hybridized carbons (Fsp3) is 0.528. The second kappa shape index (κ2) is 16.4. The molecular formula is C36H46FN5O7. The van der Waals surface area contributed by atoms with Gasteiger partial charge in [0.15, 0.2) is 0 Å². The Hall–Kier alpha value is -4.36. The van der Waals surface area contributed by atoms with Gasteiger partial charge in [-0.15, -0.1) is 0 Å². The number of nitrogens with one attached hydrogen (secondary N) is 4. The molecule has 7 atom stereocenters. The van der Waals surface area contributed by atoms with Gasteiger partial charge in [-0.25, -0.2) is 9.18 Å². The zero-order valence-electron chi connectivity index (χ0n) is 27.9. The van der Waals surface area contributed by atoms with Crippen molar-refractivity contribution < 1.29 is 38.2 Å². The van der Waals surface area contributed by atoms with Gasteiger partial charge in [0.1, 0.15) is 18.7 Å². The summed E-state index contributed by atoms with van der Waals surface area (Å²) in [5.74, 6) is -3.49. The number of ketones is 1. The number of carbonyl (C=O) groups excluding carboxylic acids is 5. The Labute approximate surface area is 285 Å². The second-order valence-electron chi connectivity index (χ2n) is 13.6. The lowest BCUT2D eigenvalue weighted by Gasteiger charge is -2.36. The number of hydrogen-bond acceptors (Lipinski definition) is 8. The Morgan fingerprint density at radius 3 is 2.39 bits per heavy atom. The summed E-state index contributed by atoms with van der Waals surface area (Å²) in [6, 6.07) is 11.4. The van der Waals surface area contributed by atoms with Gasteiger partial charge in [-0.3, -0.25) is 24.1 Å². The molecule has 2 heterocycles. The molecule has 2 aromatic carbocycles. The van der Waals surface area contributed by atoms with E-state index in [2.05, 4.69) is 21.3 Å². The van der Waals surface area contributed by atoms with Crippen molar-refractivity contribution in [3.05, 3.63) is 71.5 Å². The van der Waals surface area contributed by atoms with Gasteiger partial charge in [0.25, 0.3) is 5.91 Å². The molecule has 2 aromatic rings. The summed E-state index contributed by atoms with van der Waals surface area (Å²) in [6.45, 7) is 4.25. The number of likely N-dealkylation sites (tertiary alicyclic amines) is 1. The van der Waals surface area contributed by atoms with Crippen LogP contribution in [0.5, 0.6) is 0 Å². The lowest BCUT2D eigenvalue weighted by atomic mass is 9.91. The fourth-order valence-electron chi connectivity index (χ4n) is 7.34. The Morgan fingerprint density at radius 2 is 1.71 bits per heavy atom. The first kappa shape index (κ1) is 35.9. The minimum absolute atomic E-state index is 0.00372. The van der Waals surface area contributed by atoms with Crippen LogP contribution in [0.15, 0.2) is 54.6 Å². The molecule has 4 amide bonds. The van der Waals surface area contributed by atoms with Crippen LogP contribution >= 0.6 is 0 Å². The van der Waals surface area contributed by atoms with Crippen LogP contribution in [-0.2, 0) is 36.9 Å². The number of ether oxygens (including phenoxy) is 1. The number of rotatable bonds is 14. The molecule has 49 heavy (non-hydrogen) atoms. The smallest absolute Gasteiger partial charge is 0.407 e. The van der Waals surface area contributed by atoms with E-state index in [0.717, 1.165) is 24.8 Å². The second-order valence-corrected chi connectivity index (χ2v) is 13.6. The quantitative estimate of drug-likeness (QED) is 0.190. The third-order valence-electron chi connectivity index (χ3n) is 9.74. The molecule has 5 rings (SSSR count). The number of alkyl carbamates (subject to hydrolysis) is 1.